The lowest BCUT2D eigenvalue weighted by atomic mass is 10.1. The first kappa shape index (κ1) is 13.3. The van der Waals surface area contributed by atoms with E-state index < -0.39 is 10.9 Å². The number of allylic oxidation sites excluding steroid dienone is 3. The zero-order valence-electron chi connectivity index (χ0n) is 11.3. The molecule has 0 amide bonds. The number of anilines is 2. The summed E-state index contributed by atoms with van der Waals surface area (Å²) in [6.07, 6.45) is 5.57. The molecule has 1 heterocycles. The van der Waals surface area contributed by atoms with Crippen LogP contribution < -0.4 is 21.5 Å². The molecule has 0 aliphatic carbocycles. The van der Waals surface area contributed by atoms with Crippen LogP contribution in [-0.4, -0.2) is 6.54 Å². The van der Waals surface area contributed by atoms with Crippen molar-refractivity contribution in [2.24, 2.45) is 0 Å². The Morgan fingerprint density at radius 2 is 2.11 bits per heavy atom. The van der Waals surface area contributed by atoms with Gasteiger partial charge in [-0.3, -0.25) is 9.59 Å². The van der Waals surface area contributed by atoms with Gasteiger partial charge in [0, 0.05) is 12.2 Å². The molecule has 100 valence electrons. The monoisotopic (exact) mass is 258 g/mol. The maximum Gasteiger partial charge on any atom is 0.253 e. The van der Waals surface area contributed by atoms with Crippen LogP contribution in [0.3, 0.4) is 0 Å². The zero-order valence-corrected chi connectivity index (χ0v) is 11.3. The summed E-state index contributed by atoms with van der Waals surface area (Å²) in [6.45, 7) is 8.55. The first-order chi connectivity index (χ1) is 9.01. The fraction of sp³-hybridized carbons (Fsp3) is 0.333. The van der Waals surface area contributed by atoms with Gasteiger partial charge in [0.1, 0.15) is 11.4 Å². The van der Waals surface area contributed by atoms with Crippen LogP contribution in [0.25, 0.3) is 0 Å². The van der Waals surface area contributed by atoms with E-state index in [4.69, 9.17) is 5.73 Å². The Bertz CT molecular complexity index is 658. The molecule has 19 heavy (non-hydrogen) atoms. The van der Waals surface area contributed by atoms with Crippen LogP contribution in [0, 0.1) is 0 Å². The first-order valence-electron chi connectivity index (χ1n) is 6.40. The Hall–Kier alpha value is -2.10. The number of hydrogen-bond acceptors (Lipinski definition) is 4. The van der Waals surface area contributed by atoms with E-state index in [1.54, 1.807) is 0 Å². The van der Waals surface area contributed by atoms with Crippen LogP contribution in [0.15, 0.2) is 45.2 Å². The van der Waals surface area contributed by atoms with E-state index >= 15 is 0 Å². The molecule has 0 spiro atoms. The molecule has 1 aliphatic heterocycles. The molecule has 2 rings (SSSR count). The van der Waals surface area contributed by atoms with Crippen molar-refractivity contribution in [2.75, 3.05) is 17.2 Å². The second-order valence-corrected chi connectivity index (χ2v) is 4.76. The van der Waals surface area contributed by atoms with Crippen molar-refractivity contribution in [1.29, 1.82) is 0 Å². The smallest absolute Gasteiger partial charge is 0.253 e. The van der Waals surface area contributed by atoms with E-state index in [1.165, 1.54) is 5.57 Å². The second kappa shape index (κ2) is 4.88. The second-order valence-electron chi connectivity index (χ2n) is 4.76. The fourth-order valence-electron chi connectivity index (χ4n) is 2.34. The van der Waals surface area contributed by atoms with Crippen molar-refractivity contribution in [3.63, 3.8) is 0 Å². The number of nitrogens with two attached hydrogens (primary N) is 1. The van der Waals surface area contributed by atoms with Crippen LogP contribution >= 0.6 is 0 Å². The summed E-state index contributed by atoms with van der Waals surface area (Å²) in [6, 6.07) is 0. The minimum absolute atomic E-state index is 0.0854. The zero-order chi connectivity index (χ0) is 14.2. The van der Waals surface area contributed by atoms with Gasteiger partial charge in [-0.15, -0.1) is 0 Å². The van der Waals surface area contributed by atoms with E-state index in [0.29, 0.717) is 12.2 Å². The summed E-state index contributed by atoms with van der Waals surface area (Å²) < 4.78 is 0. The normalized spacial score (nSPS) is 16.5. The van der Waals surface area contributed by atoms with Crippen molar-refractivity contribution < 1.29 is 0 Å². The maximum absolute atomic E-state index is 11.6. The molecular formula is C15H18N2O2. The Kier molecular flexibility index (Phi) is 3.42. The average molecular weight is 258 g/mol. The highest BCUT2D eigenvalue weighted by Crippen LogP contribution is 2.31. The van der Waals surface area contributed by atoms with Gasteiger partial charge in [-0.25, -0.2) is 0 Å². The number of nitrogens with zero attached hydrogens (tertiary/aromatic N) is 1. The predicted molar refractivity (Wildman–Crippen MR) is 79.0 cm³/mol. The van der Waals surface area contributed by atoms with Gasteiger partial charge in [0.15, 0.2) is 0 Å². The quantitative estimate of drug-likeness (QED) is 0.661. The molecule has 0 atom stereocenters. The predicted octanol–water partition coefficient (Wildman–Crippen LogP) is 1.87. The third-order valence-corrected chi connectivity index (χ3v) is 3.62. The van der Waals surface area contributed by atoms with Crippen LogP contribution in [0.2, 0.25) is 0 Å². The molecule has 1 aliphatic rings. The average Bonchev–Trinajstić information content (AvgIpc) is 2.77. The SMILES string of the molecule is C=C/C(=C\C1=C(C)CCN1c1c(N)c(=O)c1=O)CC. The summed E-state index contributed by atoms with van der Waals surface area (Å²) in [5.41, 5.74) is 8.30. The van der Waals surface area contributed by atoms with Crippen molar-refractivity contribution in [3.8, 4) is 0 Å². The molecule has 1 aromatic rings. The number of hydrogen-bond donors (Lipinski definition) is 1. The molecule has 0 saturated heterocycles. The Labute approximate surface area is 112 Å². The van der Waals surface area contributed by atoms with E-state index in [9.17, 15) is 9.59 Å². The van der Waals surface area contributed by atoms with Gasteiger partial charge in [0.25, 0.3) is 10.9 Å². The molecule has 0 radical (unpaired) electrons. The van der Waals surface area contributed by atoms with Gasteiger partial charge >= 0.3 is 0 Å². The number of rotatable bonds is 4. The van der Waals surface area contributed by atoms with E-state index in [1.807, 2.05) is 30.9 Å². The topological polar surface area (TPSA) is 63.4 Å². The molecule has 4 nitrogen and oxygen atoms in total. The molecule has 1 aromatic carbocycles. The molecule has 0 saturated carbocycles. The fourth-order valence-corrected chi connectivity index (χ4v) is 2.34. The standard InChI is InChI=1S/C15H18N2O2/c1-4-10(5-2)8-11-9(3)6-7-17(11)13-12(16)14(18)15(13)19/h4,8H,1,5-7,16H2,2-3H3/b10-8+. The van der Waals surface area contributed by atoms with Gasteiger partial charge in [-0.05, 0) is 37.0 Å². The van der Waals surface area contributed by atoms with E-state index in [-0.39, 0.29) is 5.69 Å². The molecule has 0 unspecified atom stereocenters. The van der Waals surface area contributed by atoms with Crippen LogP contribution in [-0.2, 0) is 0 Å². The first-order valence-corrected chi connectivity index (χ1v) is 6.40. The van der Waals surface area contributed by atoms with Gasteiger partial charge in [0.2, 0.25) is 0 Å². The van der Waals surface area contributed by atoms with Crippen molar-refractivity contribution in [2.45, 2.75) is 26.7 Å². The summed E-state index contributed by atoms with van der Waals surface area (Å²) in [5, 5.41) is 0. The molecule has 2 N–H and O–H groups in total. The maximum atomic E-state index is 11.6. The molecule has 0 aromatic heterocycles. The van der Waals surface area contributed by atoms with Gasteiger partial charge in [-0.2, -0.15) is 0 Å². The Morgan fingerprint density at radius 3 is 2.63 bits per heavy atom. The van der Waals surface area contributed by atoms with Crippen LogP contribution in [0.1, 0.15) is 26.7 Å². The van der Waals surface area contributed by atoms with Gasteiger partial charge in [0.05, 0.1) is 0 Å². The van der Waals surface area contributed by atoms with Crippen molar-refractivity contribution in [1.82, 2.24) is 0 Å². The van der Waals surface area contributed by atoms with Gasteiger partial charge < -0.3 is 10.6 Å². The third kappa shape index (κ3) is 2.03. The summed E-state index contributed by atoms with van der Waals surface area (Å²) in [5.74, 6) is 0. The lowest BCUT2D eigenvalue weighted by molar-refractivity contribution is 0.955. The van der Waals surface area contributed by atoms with Crippen molar-refractivity contribution >= 4 is 11.4 Å². The summed E-state index contributed by atoms with van der Waals surface area (Å²) >= 11 is 0. The highest BCUT2D eigenvalue weighted by molar-refractivity contribution is 5.76. The summed E-state index contributed by atoms with van der Waals surface area (Å²) in [7, 11) is 0. The molecule has 4 heteroatoms. The highest BCUT2D eigenvalue weighted by Gasteiger charge is 2.29. The lowest BCUT2D eigenvalue weighted by Crippen LogP contribution is -2.41. The number of nitrogen functional groups attached to an aromatic ring is 1. The largest absolute Gasteiger partial charge is 0.394 e. The van der Waals surface area contributed by atoms with Gasteiger partial charge in [-0.1, -0.05) is 19.6 Å². The minimum atomic E-state index is -0.567. The van der Waals surface area contributed by atoms with E-state index in [2.05, 4.69) is 6.58 Å². The van der Waals surface area contributed by atoms with Crippen LogP contribution in [0.4, 0.5) is 11.4 Å². The third-order valence-electron chi connectivity index (χ3n) is 3.62. The highest BCUT2D eigenvalue weighted by atomic mass is 16.2. The Morgan fingerprint density at radius 1 is 1.42 bits per heavy atom. The molecule has 0 bridgehead atoms. The minimum Gasteiger partial charge on any atom is -0.394 e. The van der Waals surface area contributed by atoms with Crippen molar-refractivity contribution in [3.05, 3.63) is 56.0 Å². The van der Waals surface area contributed by atoms with Crippen LogP contribution in [0.5, 0.6) is 0 Å². The molecule has 0 fully saturated rings. The lowest BCUT2D eigenvalue weighted by Gasteiger charge is -2.23. The summed E-state index contributed by atoms with van der Waals surface area (Å²) in [4.78, 5) is 24.7. The van der Waals surface area contributed by atoms with E-state index in [0.717, 1.165) is 24.1 Å². The Balaban J connectivity index is 2.44. The molecular weight excluding hydrogens is 240 g/mol.